The molecule has 0 unspecified atom stereocenters. The third kappa shape index (κ3) is 5.60. The van der Waals surface area contributed by atoms with Crippen LogP contribution in [0.25, 0.3) is 0 Å². The zero-order chi connectivity index (χ0) is 12.0. The van der Waals surface area contributed by atoms with Gasteiger partial charge in [-0.2, -0.15) is 13.2 Å². The quantitative estimate of drug-likeness (QED) is 0.626. The lowest BCUT2D eigenvalue weighted by atomic mass is 10.2. The van der Waals surface area contributed by atoms with Crippen LogP contribution in [0, 0.1) is 0 Å². The Morgan fingerprint density at radius 3 is 2.31 bits per heavy atom. The van der Waals surface area contributed by atoms with Crippen molar-refractivity contribution in [1.29, 1.82) is 0 Å². The molecule has 0 aromatic heterocycles. The van der Waals surface area contributed by atoms with Crippen LogP contribution < -0.4 is 5.73 Å². The summed E-state index contributed by atoms with van der Waals surface area (Å²) in [6.45, 7) is 0.433. The molecule has 16 heavy (non-hydrogen) atoms. The second kappa shape index (κ2) is 5.75. The van der Waals surface area contributed by atoms with Crippen LogP contribution in [-0.4, -0.2) is 12.8 Å². The van der Waals surface area contributed by atoms with Gasteiger partial charge in [-0.3, -0.25) is 0 Å². The Morgan fingerprint density at radius 2 is 1.75 bits per heavy atom. The molecular formula is C11H14F3NO. The zero-order valence-electron chi connectivity index (χ0n) is 8.76. The summed E-state index contributed by atoms with van der Waals surface area (Å²) in [5, 5.41) is 0. The Morgan fingerprint density at radius 1 is 1.12 bits per heavy atom. The van der Waals surface area contributed by atoms with Crippen molar-refractivity contribution in [3.63, 3.8) is 0 Å². The summed E-state index contributed by atoms with van der Waals surface area (Å²) < 4.78 is 40.5. The van der Waals surface area contributed by atoms with Crippen molar-refractivity contribution in [3.05, 3.63) is 29.8 Å². The van der Waals surface area contributed by atoms with E-state index in [1.165, 1.54) is 0 Å². The molecule has 2 nitrogen and oxygen atoms in total. The van der Waals surface area contributed by atoms with Crippen molar-refractivity contribution in [2.75, 3.05) is 12.3 Å². The summed E-state index contributed by atoms with van der Waals surface area (Å²) in [7, 11) is 0. The minimum Gasteiger partial charge on any atom is -0.399 e. The molecule has 0 fully saturated rings. The zero-order valence-corrected chi connectivity index (χ0v) is 8.76. The molecule has 0 amide bonds. The summed E-state index contributed by atoms with van der Waals surface area (Å²) in [5.74, 6) is 0. The number of benzene rings is 1. The number of rotatable bonds is 5. The predicted molar refractivity (Wildman–Crippen MR) is 55.8 cm³/mol. The van der Waals surface area contributed by atoms with Gasteiger partial charge < -0.3 is 10.5 Å². The third-order valence-electron chi connectivity index (χ3n) is 2.00. The molecule has 2 N–H and O–H groups in total. The molecule has 0 saturated heterocycles. The van der Waals surface area contributed by atoms with Crippen LogP contribution >= 0.6 is 0 Å². The van der Waals surface area contributed by atoms with E-state index in [-0.39, 0.29) is 13.0 Å². The Hall–Kier alpha value is -1.23. The maximum Gasteiger partial charge on any atom is 0.389 e. The highest BCUT2D eigenvalue weighted by Gasteiger charge is 2.25. The van der Waals surface area contributed by atoms with Gasteiger partial charge in [0.25, 0.3) is 0 Å². The first-order chi connectivity index (χ1) is 7.47. The molecule has 90 valence electrons. The van der Waals surface area contributed by atoms with E-state index in [1.807, 2.05) is 0 Å². The first kappa shape index (κ1) is 12.8. The molecule has 5 heteroatoms. The van der Waals surface area contributed by atoms with Crippen molar-refractivity contribution in [2.45, 2.75) is 25.6 Å². The van der Waals surface area contributed by atoms with Gasteiger partial charge in [0.05, 0.1) is 6.61 Å². The van der Waals surface area contributed by atoms with E-state index in [0.29, 0.717) is 12.3 Å². The van der Waals surface area contributed by atoms with Crippen LogP contribution in [0.3, 0.4) is 0 Å². The van der Waals surface area contributed by atoms with Gasteiger partial charge in [-0.15, -0.1) is 0 Å². The minimum atomic E-state index is -4.09. The number of ether oxygens (including phenoxy) is 1. The number of halogens is 3. The summed E-state index contributed by atoms with van der Waals surface area (Å²) in [6, 6.07) is 7.04. The summed E-state index contributed by atoms with van der Waals surface area (Å²) >= 11 is 0. The molecule has 0 atom stereocenters. The SMILES string of the molecule is Nc1ccc(COCCCC(F)(F)F)cc1. The fourth-order valence-electron chi connectivity index (χ4n) is 1.18. The Kier molecular flexibility index (Phi) is 4.61. The van der Waals surface area contributed by atoms with Crippen molar-refractivity contribution in [3.8, 4) is 0 Å². The van der Waals surface area contributed by atoms with E-state index in [2.05, 4.69) is 0 Å². The van der Waals surface area contributed by atoms with Crippen LogP contribution in [0.2, 0.25) is 0 Å². The van der Waals surface area contributed by atoms with E-state index in [9.17, 15) is 13.2 Å². The van der Waals surface area contributed by atoms with Crippen LogP contribution in [0.15, 0.2) is 24.3 Å². The number of anilines is 1. The summed E-state index contributed by atoms with van der Waals surface area (Å²) in [4.78, 5) is 0. The van der Waals surface area contributed by atoms with E-state index >= 15 is 0 Å². The van der Waals surface area contributed by atoms with Crippen LogP contribution in [-0.2, 0) is 11.3 Å². The molecule has 0 radical (unpaired) electrons. The molecular weight excluding hydrogens is 219 g/mol. The Labute approximate surface area is 92.2 Å². The van der Waals surface area contributed by atoms with Crippen LogP contribution in [0.1, 0.15) is 18.4 Å². The largest absolute Gasteiger partial charge is 0.399 e. The predicted octanol–water partition coefficient (Wildman–Crippen LogP) is 3.13. The summed E-state index contributed by atoms with van der Waals surface area (Å²) in [6.07, 6.45) is -4.89. The highest BCUT2D eigenvalue weighted by molar-refractivity contribution is 5.39. The van der Waals surface area contributed by atoms with Gasteiger partial charge in [-0.25, -0.2) is 0 Å². The minimum absolute atomic E-state index is 0.00152. The van der Waals surface area contributed by atoms with Gasteiger partial charge in [0.2, 0.25) is 0 Å². The monoisotopic (exact) mass is 233 g/mol. The number of alkyl halides is 3. The molecule has 0 spiro atoms. The van der Waals surface area contributed by atoms with Gasteiger partial charge in [-0.1, -0.05) is 12.1 Å². The van der Waals surface area contributed by atoms with Crippen molar-refractivity contribution < 1.29 is 17.9 Å². The number of hydrogen-bond donors (Lipinski definition) is 1. The van der Waals surface area contributed by atoms with Crippen LogP contribution in [0.5, 0.6) is 0 Å². The molecule has 0 aliphatic carbocycles. The highest BCUT2D eigenvalue weighted by Crippen LogP contribution is 2.21. The first-order valence-electron chi connectivity index (χ1n) is 4.96. The molecule has 1 aromatic rings. The molecule has 1 rings (SSSR count). The molecule has 0 aliphatic rings. The van der Waals surface area contributed by atoms with Gasteiger partial charge in [0.1, 0.15) is 0 Å². The lowest BCUT2D eigenvalue weighted by Crippen LogP contribution is -2.08. The topological polar surface area (TPSA) is 35.2 Å². The van der Waals surface area contributed by atoms with Crippen LogP contribution in [0.4, 0.5) is 18.9 Å². The van der Waals surface area contributed by atoms with E-state index in [1.54, 1.807) is 24.3 Å². The number of hydrogen-bond acceptors (Lipinski definition) is 2. The molecule has 0 aliphatic heterocycles. The second-order valence-electron chi connectivity index (χ2n) is 3.51. The van der Waals surface area contributed by atoms with Crippen molar-refractivity contribution in [1.82, 2.24) is 0 Å². The fraction of sp³-hybridized carbons (Fsp3) is 0.455. The average molecular weight is 233 g/mol. The molecule has 0 bridgehead atoms. The molecule has 1 aromatic carbocycles. The van der Waals surface area contributed by atoms with Gasteiger partial charge in [-0.05, 0) is 24.1 Å². The summed E-state index contributed by atoms with van der Waals surface area (Å²) in [5.41, 5.74) is 7.04. The molecule has 0 saturated carbocycles. The lowest BCUT2D eigenvalue weighted by Gasteiger charge is -2.07. The maximum atomic E-state index is 11.8. The number of nitrogen functional groups attached to an aromatic ring is 1. The Balaban J connectivity index is 2.14. The van der Waals surface area contributed by atoms with E-state index in [4.69, 9.17) is 10.5 Å². The average Bonchev–Trinajstić information content (AvgIpc) is 2.19. The van der Waals surface area contributed by atoms with Crippen molar-refractivity contribution >= 4 is 5.69 Å². The lowest BCUT2D eigenvalue weighted by molar-refractivity contribution is -0.138. The van der Waals surface area contributed by atoms with E-state index < -0.39 is 12.6 Å². The first-order valence-corrected chi connectivity index (χ1v) is 4.96. The second-order valence-corrected chi connectivity index (χ2v) is 3.51. The van der Waals surface area contributed by atoms with Crippen molar-refractivity contribution in [2.24, 2.45) is 0 Å². The maximum absolute atomic E-state index is 11.8. The smallest absolute Gasteiger partial charge is 0.389 e. The fourth-order valence-corrected chi connectivity index (χ4v) is 1.18. The number of nitrogens with two attached hydrogens (primary N) is 1. The standard InChI is InChI=1S/C11H14F3NO/c12-11(13,14)6-1-7-16-8-9-2-4-10(15)5-3-9/h2-5H,1,6-8,15H2. The van der Waals surface area contributed by atoms with Gasteiger partial charge in [0.15, 0.2) is 0 Å². The Bertz CT molecular complexity index is 308. The van der Waals surface area contributed by atoms with Gasteiger partial charge in [0, 0.05) is 18.7 Å². The molecule has 0 heterocycles. The van der Waals surface area contributed by atoms with Gasteiger partial charge >= 0.3 is 6.18 Å². The third-order valence-corrected chi connectivity index (χ3v) is 2.00. The normalized spacial score (nSPS) is 11.7. The highest BCUT2D eigenvalue weighted by atomic mass is 19.4. The van der Waals surface area contributed by atoms with E-state index in [0.717, 1.165) is 5.56 Å².